The molecule has 0 bridgehead atoms. The second-order valence-electron chi connectivity index (χ2n) is 15.2. The van der Waals surface area contributed by atoms with Gasteiger partial charge in [-0.15, -0.1) is 0 Å². The first kappa shape index (κ1) is 40.5. The lowest BCUT2D eigenvalue weighted by Gasteiger charge is -2.36. The van der Waals surface area contributed by atoms with Gasteiger partial charge in [0.05, 0.1) is 29.5 Å². The van der Waals surface area contributed by atoms with Crippen molar-refractivity contribution in [3.63, 3.8) is 0 Å². The topological polar surface area (TPSA) is 128 Å². The minimum absolute atomic E-state index is 0.0219. The highest BCUT2D eigenvalue weighted by molar-refractivity contribution is 6.31. The molecule has 2 fully saturated rings. The zero-order valence-electron chi connectivity index (χ0n) is 32.5. The van der Waals surface area contributed by atoms with Gasteiger partial charge in [-0.2, -0.15) is 0 Å². The van der Waals surface area contributed by atoms with Gasteiger partial charge in [0.25, 0.3) is 5.69 Å². The summed E-state index contributed by atoms with van der Waals surface area (Å²) in [5, 5.41) is 12.8. The normalized spacial score (nSPS) is 19.3. The number of nitro groups is 1. The van der Waals surface area contributed by atoms with Crippen LogP contribution < -0.4 is 0 Å². The van der Waals surface area contributed by atoms with Gasteiger partial charge < -0.3 is 19.3 Å². The van der Waals surface area contributed by atoms with Gasteiger partial charge in [0.1, 0.15) is 6.20 Å². The molecule has 0 radical (unpaired) electrons. The van der Waals surface area contributed by atoms with Crippen LogP contribution in [0.5, 0.6) is 0 Å². The van der Waals surface area contributed by atoms with Crippen LogP contribution in [0.15, 0.2) is 67.0 Å². The standard InChI is InChI=1S/C22H24ClN3O4.C22H25ClN2O2/c1-2-30-22(27)25-9-7-14(8-10-25)20-19-6-5-17(23)11-15(19)3-4-16-12-18(26(28)29)13-24-21(16)20;1-2-27-22(26)25-12-9-15(10-13-25)20-19-8-7-18(23)14-17(19)6-5-16-4-3-11-24-21(16)20/h5-6,11-14,20H,2-4,7-10H2,1H3;3-4,7-8,11,14-15,20H,2,5-6,9-10,12-13H2,1H3. The minimum atomic E-state index is -0.394. The minimum Gasteiger partial charge on any atom is -0.450 e. The number of carbonyl (C=O) groups is 2. The maximum absolute atomic E-state index is 12.1. The lowest BCUT2D eigenvalue weighted by atomic mass is 9.76. The molecule has 2 aromatic carbocycles. The molecule has 13 heteroatoms. The molecule has 2 saturated heterocycles. The molecule has 2 amide bonds. The summed E-state index contributed by atoms with van der Waals surface area (Å²) in [6, 6.07) is 18.2. The van der Waals surface area contributed by atoms with Gasteiger partial charge in [-0.3, -0.25) is 20.1 Å². The Morgan fingerprint density at radius 1 is 0.702 bits per heavy atom. The highest BCUT2D eigenvalue weighted by atomic mass is 35.5. The number of aromatic nitrogens is 2. The summed E-state index contributed by atoms with van der Waals surface area (Å²) in [5.74, 6) is 1.03. The van der Waals surface area contributed by atoms with E-state index in [4.69, 9.17) is 37.7 Å². The Hall–Kier alpha value is -4.74. The molecule has 300 valence electrons. The summed E-state index contributed by atoms with van der Waals surface area (Å²) in [5.41, 5.74) is 9.44. The van der Waals surface area contributed by atoms with Crippen LogP contribution in [0.3, 0.4) is 0 Å². The van der Waals surface area contributed by atoms with E-state index in [9.17, 15) is 19.7 Å². The lowest BCUT2D eigenvalue weighted by Crippen LogP contribution is -2.40. The quantitative estimate of drug-likeness (QED) is 0.144. The number of carbonyl (C=O) groups excluding carboxylic acids is 2. The Morgan fingerprint density at radius 2 is 1.18 bits per heavy atom. The molecule has 2 aromatic heterocycles. The number of hydrogen-bond donors (Lipinski definition) is 0. The highest BCUT2D eigenvalue weighted by Gasteiger charge is 2.37. The van der Waals surface area contributed by atoms with Crippen molar-refractivity contribution >= 4 is 41.1 Å². The summed E-state index contributed by atoms with van der Waals surface area (Å²) < 4.78 is 10.3. The first-order chi connectivity index (χ1) is 27.6. The second kappa shape index (κ2) is 18.2. The maximum atomic E-state index is 12.1. The predicted molar refractivity (Wildman–Crippen MR) is 219 cm³/mol. The largest absolute Gasteiger partial charge is 0.450 e. The number of hydrogen-bond acceptors (Lipinski definition) is 8. The number of aryl methyl sites for hydroxylation is 4. The smallest absolute Gasteiger partial charge is 0.409 e. The molecule has 2 aliphatic heterocycles. The first-order valence-corrected chi connectivity index (χ1v) is 20.9. The molecule has 11 nitrogen and oxygen atoms in total. The maximum Gasteiger partial charge on any atom is 0.409 e. The number of ether oxygens (including phenoxy) is 2. The van der Waals surface area contributed by atoms with Gasteiger partial charge in [-0.05, 0) is 141 Å². The van der Waals surface area contributed by atoms with E-state index >= 15 is 0 Å². The van der Waals surface area contributed by atoms with E-state index in [-0.39, 0.29) is 35.6 Å². The van der Waals surface area contributed by atoms with Crippen LogP contribution in [0.2, 0.25) is 10.0 Å². The van der Waals surface area contributed by atoms with Crippen LogP contribution >= 0.6 is 23.2 Å². The van der Waals surface area contributed by atoms with Crippen molar-refractivity contribution in [2.24, 2.45) is 11.8 Å². The first-order valence-electron chi connectivity index (χ1n) is 20.1. The molecule has 4 aliphatic rings. The van der Waals surface area contributed by atoms with E-state index in [1.165, 1.54) is 39.7 Å². The summed E-state index contributed by atoms with van der Waals surface area (Å²) in [6.07, 6.45) is 9.82. The molecular weight excluding hydrogens is 765 g/mol. The third-order valence-electron chi connectivity index (χ3n) is 12.0. The van der Waals surface area contributed by atoms with E-state index in [1.54, 1.807) is 17.9 Å². The average Bonchev–Trinajstić information content (AvgIpc) is 3.48. The van der Waals surface area contributed by atoms with Gasteiger partial charge >= 0.3 is 12.2 Å². The fraction of sp³-hybridized carbons (Fsp3) is 0.455. The van der Waals surface area contributed by atoms with Crippen molar-refractivity contribution in [2.45, 2.75) is 77.0 Å². The Kier molecular flexibility index (Phi) is 12.9. The average molecular weight is 815 g/mol. The molecule has 8 rings (SSSR count). The summed E-state index contributed by atoms with van der Waals surface area (Å²) >= 11 is 12.5. The highest BCUT2D eigenvalue weighted by Crippen LogP contribution is 2.45. The summed E-state index contributed by atoms with van der Waals surface area (Å²) in [4.78, 5) is 48.0. The number of benzene rings is 2. The number of piperidine rings is 2. The Bertz CT molecular complexity index is 2100. The molecule has 4 heterocycles. The molecule has 4 aromatic rings. The predicted octanol–water partition coefficient (Wildman–Crippen LogP) is 9.58. The number of rotatable bonds is 5. The van der Waals surface area contributed by atoms with Crippen molar-refractivity contribution in [1.29, 1.82) is 0 Å². The van der Waals surface area contributed by atoms with Gasteiger partial charge in [0, 0.05) is 60.3 Å². The van der Waals surface area contributed by atoms with Gasteiger partial charge in [0.15, 0.2) is 0 Å². The fourth-order valence-electron chi connectivity index (χ4n) is 9.27. The molecule has 0 saturated carbocycles. The Labute approximate surface area is 343 Å². The molecule has 2 atom stereocenters. The summed E-state index contributed by atoms with van der Waals surface area (Å²) in [7, 11) is 0. The van der Waals surface area contributed by atoms with Gasteiger partial charge in [-0.1, -0.05) is 41.4 Å². The van der Waals surface area contributed by atoms with E-state index in [2.05, 4.69) is 29.2 Å². The lowest BCUT2D eigenvalue weighted by molar-refractivity contribution is -0.385. The SMILES string of the molecule is CCOC(=O)N1CCC(C2c3ccc(Cl)cc3CCc3cc([N+](=O)[O-])cnc32)CC1.CCOC(=O)N1CCC(C2c3ccc(Cl)cc3CCc3cccnc32)CC1. The van der Waals surface area contributed by atoms with Gasteiger partial charge in [0.2, 0.25) is 0 Å². The third-order valence-corrected chi connectivity index (χ3v) is 12.5. The number of halogens is 2. The third kappa shape index (κ3) is 9.05. The molecule has 0 N–H and O–H groups in total. The van der Waals surface area contributed by atoms with Crippen molar-refractivity contribution < 1.29 is 24.0 Å². The number of fused-ring (bicyclic) bond motifs is 4. The van der Waals surface area contributed by atoms with Crippen LogP contribution in [0.4, 0.5) is 15.3 Å². The molecule has 0 spiro atoms. The fourth-order valence-corrected chi connectivity index (χ4v) is 9.66. The molecular formula is C44H49Cl2N5O6. The van der Waals surface area contributed by atoms with Crippen LogP contribution in [-0.4, -0.2) is 76.3 Å². The van der Waals surface area contributed by atoms with Crippen LogP contribution in [0.25, 0.3) is 0 Å². The zero-order valence-corrected chi connectivity index (χ0v) is 34.0. The Morgan fingerprint density at radius 3 is 1.67 bits per heavy atom. The van der Waals surface area contributed by atoms with Crippen LogP contribution in [0, 0.1) is 22.0 Å². The molecule has 2 aliphatic carbocycles. The Balaban J connectivity index is 0.000000175. The van der Waals surface area contributed by atoms with Crippen LogP contribution in [-0.2, 0) is 35.2 Å². The van der Waals surface area contributed by atoms with Crippen LogP contribution in [0.1, 0.15) is 96.1 Å². The number of pyridine rings is 2. The van der Waals surface area contributed by atoms with Crippen molar-refractivity contribution in [1.82, 2.24) is 19.8 Å². The van der Waals surface area contributed by atoms with Crippen molar-refractivity contribution in [3.8, 4) is 0 Å². The van der Waals surface area contributed by atoms with Crippen molar-refractivity contribution in [2.75, 3.05) is 39.4 Å². The van der Waals surface area contributed by atoms with E-state index in [0.29, 0.717) is 43.7 Å². The molecule has 57 heavy (non-hydrogen) atoms. The summed E-state index contributed by atoms with van der Waals surface area (Å²) in [6.45, 7) is 7.19. The number of amides is 2. The number of nitrogens with zero attached hydrogens (tertiary/aromatic N) is 5. The monoisotopic (exact) mass is 813 g/mol. The van der Waals surface area contributed by atoms with E-state index in [1.807, 2.05) is 42.3 Å². The number of likely N-dealkylation sites (tertiary alicyclic amines) is 2. The van der Waals surface area contributed by atoms with Gasteiger partial charge in [-0.25, -0.2) is 9.59 Å². The van der Waals surface area contributed by atoms with E-state index < -0.39 is 4.92 Å². The van der Waals surface area contributed by atoms with Crippen molar-refractivity contribution in [3.05, 3.63) is 132 Å². The second-order valence-corrected chi connectivity index (χ2v) is 16.1. The molecule has 2 unspecified atom stereocenters. The van der Waals surface area contributed by atoms with E-state index in [0.717, 1.165) is 74.3 Å². The zero-order chi connectivity index (χ0) is 40.1.